The molecule has 1 saturated heterocycles. The van der Waals surface area contributed by atoms with Crippen LogP contribution in [0.4, 0.5) is 0 Å². The van der Waals surface area contributed by atoms with Crippen LogP contribution in [0.15, 0.2) is 60.7 Å². The summed E-state index contributed by atoms with van der Waals surface area (Å²) in [7, 11) is 0. The standard InChI is InChI=1S/C24H26N4O2S/c29-23(21(17-7-3-1-4-8-17)30-20-9-5-2-6-10-20)27-15-13-18(14-16-27)22-25-26-24(31)28(22)19-11-12-19/h1-10,18-19,21H,11-16H2,(H,26,31). The van der Waals surface area contributed by atoms with Crippen molar-refractivity contribution in [1.29, 1.82) is 0 Å². The molecule has 0 spiro atoms. The van der Waals surface area contributed by atoms with Gasteiger partial charge in [-0.1, -0.05) is 48.5 Å². The number of hydrogen-bond donors (Lipinski definition) is 1. The van der Waals surface area contributed by atoms with Crippen molar-refractivity contribution in [3.63, 3.8) is 0 Å². The topological polar surface area (TPSA) is 63.1 Å². The van der Waals surface area contributed by atoms with E-state index in [0.29, 0.717) is 30.8 Å². The van der Waals surface area contributed by atoms with Crippen LogP contribution in [-0.2, 0) is 4.79 Å². The summed E-state index contributed by atoms with van der Waals surface area (Å²) in [4.78, 5) is 15.4. The van der Waals surface area contributed by atoms with Crippen LogP contribution in [0, 0.1) is 4.77 Å². The summed E-state index contributed by atoms with van der Waals surface area (Å²) in [6.45, 7) is 1.38. The van der Waals surface area contributed by atoms with E-state index < -0.39 is 6.10 Å². The van der Waals surface area contributed by atoms with E-state index in [0.717, 1.165) is 29.0 Å². The number of nitrogens with zero attached hydrogens (tertiary/aromatic N) is 3. The smallest absolute Gasteiger partial charge is 0.268 e. The molecule has 2 fully saturated rings. The molecule has 5 rings (SSSR count). The molecule has 1 aromatic heterocycles. The molecule has 1 atom stereocenters. The Labute approximate surface area is 186 Å². The Bertz CT molecular complexity index is 1080. The minimum Gasteiger partial charge on any atom is -0.476 e. The van der Waals surface area contributed by atoms with Crippen LogP contribution < -0.4 is 4.74 Å². The lowest BCUT2D eigenvalue weighted by atomic mass is 9.95. The van der Waals surface area contributed by atoms with E-state index in [-0.39, 0.29) is 5.91 Å². The highest BCUT2D eigenvalue weighted by Gasteiger charge is 2.35. The van der Waals surface area contributed by atoms with Crippen LogP contribution in [0.3, 0.4) is 0 Å². The minimum atomic E-state index is -0.652. The van der Waals surface area contributed by atoms with Crippen molar-refractivity contribution in [2.45, 2.75) is 43.7 Å². The number of carbonyl (C=O) groups excluding carboxylic acids is 1. The van der Waals surface area contributed by atoms with Gasteiger partial charge in [0.25, 0.3) is 5.91 Å². The number of carbonyl (C=O) groups is 1. The maximum Gasteiger partial charge on any atom is 0.268 e. The monoisotopic (exact) mass is 434 g/mol. The van der Waals surface area contributed by atoms with E-state index in [9.17, 15) is 4.79 Å². The predicted octanol–water partition coefficient (Wildman–Crippen LogP) is 4.80. The number of piperidine rings is 1. The van der Waals surface area contributed by atoms with E-state index in [1.807, 2.05) is 65.6 Å². The Kier molecular flexibility index (Phi) is 5.59. The first-order chi connectivity index (χ1) is 15.2. The zero-order valence-electron chi connectivity index (χ0n) is 17.3. The maximum absolute atomic E-state index is 13.5. The van der Waals surface area contributed by atoms with Crippen LogP contribution in [-0.4, -0.2) is 38.7 Å². The van der Waals surface area contributed by atoms with Crippen LogP contribution in [0.25, 0.3) is 0 Å². The minimum absolute atomic E-state index is 0.00885. The third-order valence-corrected chi connectivity index (χ3v) is 6.43. The van der Waals surface area contributed by atoms with E-state index in [2.05, 4.69) is 14.8 Å². The Morgan fingerprint density at radius 2 is 1.65 bits per heavy atom. The Morgan fingerprint density at radius 1 is 1.00 bits per heavy atom. The predicted molar refractivity (Wildman–Crippen MR) is 120 cm³/mol. The summed E-state index contributed by atoms with van der Waals surface area (Å²) in [5, 5.41) is 7.50. The molecule has 31 heavy (non-hydrogen) atoms. The van der Waals surface area contributed by atoms with Crippen molar-refractivity contribution < 1.29 is 9.53 Å². The first kappa shape index (κ1) is 20.0. The largest absolute Gasteiger partial charge is 0.476 e. The van der Waals surface area contributed by atoms with Crippen molar-refractivity contribution in [2.75, 3.05) is 13.1 Å². The molecule has 1 saturated carbocycles. The molecule has 0 bridgehead atoms. The second kappa shape index (κ2) is 8.67. The number of aromatic amines is 1. The van der Waals surface area contributed by atoms with Crippen molar-refractivity contribution in [3.05, 3.63) is 76.8 Å². The highest BCUT2D eigenvalue weighted by molar-refractivity contribution is 7.71. The number of para-hydroxylation sites is 1. The van der Waals surface area contributed by atoms with Crippen LogP contribution in [0.5, 0.6) is 5.75 Å². The fourth-order valence-corrected chi connectivity index (χ4v) is 4.63. The quantitative estimate of drug-likeness (QED) is 0.566. The Hall–Kier alpha value is -2.93. The summed E-state index contributed by atoms with van der Waals surface area (Å²) in [5.41, 5.74) is 0.869. The van der Waals surface area contributed by atoms with E-state index in [1.165, 1.54) is 12.8 Å². The first-order valence-corrected chi connectivity index (χ1v) is 11.3. The van der Waals surface area contributed by atoms with Crippen LogP contribution >= 0.6 is 12.2 Å². The number of nitrogens with one attached hydrogen (secondary N) is 1. The summed E-state index contributed by atoms with van der Waals surface area (Å²) in [5.74, 6) is 2.08. The summed E-state index contributed by atoms with van der Waals surface area (Å²) >= 11 is 5.44. The van der Waals surface area contributed by atoms with Gasteiger partial charge in [-0.3, -0.25) is 9.89 Å². The Balaban J connectivity index is 1.31. The molecule has 0 radical (unpaired) electrons. The molecule has 1 N–H and O–H groups in total. The normalized spacial score (nSPS) is 18.0. The third-order valence-electron chi connectivity index (χ3n) is 6.14. The van der Waals surface area contributed by atoms with Gasteiger partial charge in [0.15, 0.2) is 4.77 Å². The average molecular weight is 435 g/mol. The molecule has 2 heterocycles. The van der Waals surface area contributed by atoms with Gasteiger partial charge in [-0.25, -0.2) is 0 Å². The van der Waals surface area contributed by atoms with Gasteiger partial charge in [-0.05, 0) is 50.0 Å². The molecular weight excluding hydrogens is 408 g/mol. The highest BCUT2D eigenvalue weighted by Crippen LogP contribution is 2.39. The van der Waals surface area contributed by atoms with Gasteiger partial charge in [0, 0.05) is 30.6 Å². The van der Waals surface area contributed by atoms with Crippen LogP contribution in [0.2, 0.25) is 0 Å². The molecule has 6 nitrogen and oxygen atoms in total. The summed E-state index contributed by atoms with van der Waals surface area (Å²) < 4.78 is 9.08. The molecule has 1 aliphatic carbocycles. The molecule has 160 valence electrons. The number of amides is 1. The van der Waals surface area contributed by atoms with Gasteiger partial charge >= 0.3 is 0 Å². The van der Waals surface area contributed by atoms with Gasteiger partial charge in [-0.15, -0.1) is 0 Å². The number of benzene rings is 2. The second-order valence-electron chi connectivity index (χ2n) is 8.31. The number of H-pyrrole nitrogens is 1. The Morgan fingerprint density at radius 3 is 2.29 bits per heavy atom. The zero-order chi connectivity index (χ0) is 21.2. The van der Waals surface area contributed by atoms with Crippen LogP contribution in [0.1, 0.15) is 55.1 Å². The molecule has 3 aromatic rings. The fourth-order valence-electron chi connectivity index (χ4n) is 4.34. The van der Waals surface area contributed by atoms with E-state index in [4.69, 9.17) is 17.0 Å². The van der Waals surface area contributed by atoms with E-state index in [1.54, 1.807) is 0 Å². The number of likely N-dealkylation sites (tertiary alicyclic amines) is 1. The van der Waals surface area contributed by atoms with Crippen molar-refractivity contribution in [3.8, 4) is 5.75 Å². The molecule has 7 heteroatoms. The van der Waals surface area contributed by atoms with E-state index >= 15 is 0 Å². The maximum atomic E-state index is 13.5. The van der Waals surface area contributed by atoms with Gasteiger partial charge in [0.05, 0.1) is 0 Å². The summed E-state index contributed by atoms with van der Waals surface area (Å²) in [6.07, 6.45) is 3.46. The fraction of sp³-hybridized carbons (Fsp3) is 0.375. The highest BCUT2D eigenvalue weighted by atomic mass is 32.1. The lowest BCUT2D eigenvalue weighted by molar-refractivity contribution is -0.140. The molecule has 2 aliphatic rings. The number of aromatic nitrogens is 3. The van der Waals surface area contributed by atoms with Gasteiger partial charge < -0.3 is 14.2 Å². The first-order valence-electron chi connectivity index (χ1n) is 10.9. The van der Waals surface area contributed by atoms with Crippen molar-refractivity contribution in [1.82, 2.24) is 19.7 Å². The summed E-state index contributed by atoms with van der Waals surface area (Å²) in [6, 6.07) is 19.8. The number of ether oxygens (including phenoxy) is 1. The average Bonchev–Trinajstić information content (AvgIpc) is 3.59. The number of rotatable bonds is 6. The lowest BCUT2D eigenvalue weighted by Gasteiger charge is -2.34. The SMILES string of the molecule is O=C(C(Oc1ccccc1)c1ccccc1)N1CCC(c2n[nH]c(=S)n2C2CC2)CC1. The van der Waals surface area contributed by atoms with Gasteiger partial charge in [-0.2, -0.15) is 5.10 Å². The molecular formula is C24H26N4O2S. The molecule has 2 aromatic carbocycles. The third kappa shape index (κ3) is 4.28. The molecule has 1 aliphatic heterocycles. The van der Waals surface area contributed by atoms with Crippen molar-refractivity contribution >= 4 is 18.1 Å². The second-order valence-corrected chi connectivity index (χ2v) is 8.70. The molecule has 1 amide bonds. The van der Waals surface area contributed by atoms with Gasteiger partial charge in [0.2, 0.25) is 6.10 Å². The van der Waals surface area contributed by atoms with Crippen molar-refractivity contribution in [2.24, 2.45) is 0 Å². The molecule has 1 unspecified atom stereocenters. The number of hydrogen-bond acceptors (Lipinski definition) is 4. The van der Waals surface area contributed by atoms with Gasteiger partial charge in [0.1, 0.15) is 11.6 Å². The zero-order valence-corrected chi connectivity index (χ0v) is 18.1. The lowest BCUT2D eigenvalue weighted by Crippen LogP contribution is -2.42.